The molecule has 0 amide bonds. The van der Waals surface area contributed by atoms with Gasteiger partial charge in [0.25, 0.3) is 0 Å². The quantitative estimate of drug-likeness (QED) is 0.693. The molecule has 2 rings (SSSR count). The van der Waals surface area contributed by atoms with Gasteiger partial charge in [-0.25, -0.2) is 0 Å². The van der Waals surface area contributed by atoms with Gasteiger partial charge in [-0.2, -0.15) is 0 Å². The molecular formula is C22H34O5. The van der Waals surface area contributed by atoms with Gasteiger partial charge in [-0.1, -0.05) is 33.3 Å². The number of carboxylic acid groups (broad SMARTS) is 1. The second-order valence-corrected chi connectivity index (χ2v) is 9.69. The Kier molecular flexibility index (Phi) is 6.23. The summed E-state index contributed by atoms with van der Waals surface area (Å²) in [5.74, 6) is -0.702. The van der Waals surface area contributed by atoms with Crippen molar-refractivity contribution in [3.8, 4) is 0 Å². The number of ketones is 1. The predicted octanol–water partition coefficient (Wildman–Crippen LogP) is 4.40. The number of allylic oxidation sites excluding steroid dienone is 2. The van der Waals surface area contributed by atoms with Crippen LogP contribution in [0, 0.1) is 28.6 Å². The molecule has 0 aromatic rings. The van der Waals surface area contributed by atoms with E-state index in [0.29, 0.717) is 12.8 Å². The minimum Gasteiger partial charge on any atom is -0.481 e. The Hall–Kier alpha value is -1.65. The highest BCUT2D eigenvalue weighted by Gasteiger charge is 2.58. The van der Waals surface area contributed by atoms with Gasteiger partial charge in [-0.3, -0.25) is 14.4 Å². The standard InChI is InChI=1S/C22H34O5/c1-13(9-19(25)26)7-8-17-14(2)10-18(24)20-21(4,5)11-16(27-15(3)23)12-22(17,20)6/h10,13,16-17,20H,7-9,11-12H2,1-6H3,(H,25,26)/t13-,16+,17-,20-,22+/m0/s1. The van der Waals surface area contributed by atoms with Crippen molar-refractivity contribution in [1.29, 1.82) is 0 Å². The minimum absolute atomic E-state index is 0.0934. The van der Waals surface area contributed by atoms with Crippen LogP contribution in [0.25, 0.3) is 0 Å². The Labute approximate surface area is 162 Å². The van der Waals surface area contributed by atoms with E-state index >= 15 is 0 Å². The number of hydrogen-bond donors (Lipinski definition) is 1. The molecule has 152 valence electrons. The van der Waals surface area contributed by atoms with Gasteiger partial charge in [0.15, 0.2) is 5.78 Å². The highest BCUT2D eigenvalue weighted by Crippen LogP contribution is 2.60. The zero-order chi connectivity index (χ0) is 20.6. The number of carboxylic acids is 1. The lowest BCUT2D eigenvalue weighted by atomic mass is 9.47. The number of fused-ring (bicyclic) bond motifs is 1. The molecule has 27 heavy (non-hydrogen) atoms. The third-order valence-electron chi connectivity index (χ3n) is 6.67. The molecule has 0 spiro atoms. The molecule has 5 nitrogen and oxygen atoms in total. The monoisotopic (exact) mass is 378 g/mol. The number of esters is 1. The first kappa shape index (κ1) is 21.6. The van der Waals surface area contributed by atoms with Gasteiger partial charge in [0, 0.05) is 19.3 Å². The summed E-state index contributed by atoms with van der Waals surface area (Å²) < 4.78 is 5.59. The maximum atomic E-state index is 13.0. The summed E-state index contributed by atoms with van der Waals surface area (Å²) in [7, 11) is 0. The Morgan fingerprint density at radius 1 is 1.30 bits per heavy atom. The van der Waals surface area contributed by atoms with E-state index in [1.807, 2.05) is 13.8 Å². The number of ether oxygens (including phenoxy) is 1. The van der Waals surface area contributed by atoms with Crippen molar-refractivity contribution in [2.75, 3.05) is 0 Å². The predicted molar refractivity (Wildman–Crippen MR) is 103 cm³/mol. The molecule has 0 radical (unpaired) electrons. The molecule has 0 aromatic carbocycles. The van der Waals surface area contributed by atoms with Crippen molar-refractivity contribution < 1.29 is 24.2 Å². The van der Waals surface area contributed by atoms with E-state index in [1.165, 1.54) is 6.92 Å². The number of aliphatic carboxylic acids is 1. The van der Waals surface area contributed by atoms with Gasteiger partial charge in [0.2, 0.25) is 0 Å². The highest BCUT2D eigenvalue weighted by molar-refractivity contribution is 5.95. The average Bonchev–Trinajstić information content (AvgIpc) is 2.42. The van der Waals surface area contributed by atoms with Gasteiger partial charge < -0.3 is 9.84 Å². The Balaban J connectivity index is 2.32. The Bertz CT molecular complexity index is 647. The van der Waals surface area contributed by atoms with Crippen LogP contribution in [0.3, 0.4) is 0 Å². The van der Waals surface area contributed by atoms with Crippen LogP contribution in [0.15, 0.2) is 11.6 Å². The third kappa shape index (κ3) is 4.61. The van der Waals surface area contributed by atoms with Gasteiger partial charge in [-0.05, 0) is 61.3 Å². The van der Waals surface area contributed by atoms with Crippen molar-refractivity contribution in [2.45, 2.75) is 79.8 Å². The maximum absolute atomic E-state index is 13.0. The molecule has 0 aliphatic heterocycles. The van der Waals surface area contributed by atoms with E-state index in [0.717, 1.165) is 18.4 Å². The zero-order valence-corrected chi connectivity index (χ0v) is 17.5. The largest absolute Gasteiger partial charge is 0.481 e. The molecule has 0 aromatic heterocycles. The fraction of sp³-hybridized carbons (Fsp3) is 0.773. The first-order valence-electron chi connectivity index (χ1n) is 9.98. The van der Waals surface area contributed by atoms with Crippen LogP contribution < -0.4 is 0 Å². The molecule has 1 N–H and O–H groups in total. The van der Waals surface area contributed by atoms with Crippen LogP contribution in [-0.2, 0) is 19.1 Å². The second-order valence-electron chi connectivity index (χ2n) is 9.69. The van der Waals surface area contributed by atoms with Gasteiger partial charge >= 0.3 is 11.9 Å². The summed E-state index contributed by atoms with van der Waals surface area (Å²) in [6, 6.07) is 0. The summed E-state index contributed by atoms with van der Waals surface area (Å²) in [5.41, 5.74) is 0.521. The van der Waals surface area contributed by atoms with E-state index in [9.17, 15) is 14.4 Å². The van der Waals surface area contributed by atoms with Crippen molar-refractivity contribution in [2.24, 2.45) is 28.6 Å². The first-order chi connectivity index (χ1) is 12.4. The number of carbonyl (C=O) groups excluding carboxylic acids is 2. The molecule has 1 fully saturated rings. The molecule has 2 aliphatic carbocycles. The molecule has 5 heteroatoms. The minimum atomic E-state index is -0.772. The lowest BCUT2D eigenvalue weighted by molar-refractivity contribution is -0.164. The molecule has 0 unspecified atom stereocenters. The summed E-state index contributed by atoms with van der Waals surface area (Å²) in [4.78, 5) is 35.5. The highest BCUT2D eigenvalue weighted by atomic mass is 16.5. The lowest BCUT2D eigenvalue weighted by Gasteiger charge is -2.57. The fourth-order valence-corrected chi connectivity index (χ4v) is 5.99. The lowest BCUT2D eigenvalue weighted by Crippen LogP contribution is -2.56. The molecule has 0 heterocycles. The molecule has 5 atom stereocenters. The molecule has 0 bridgehead atoms. The SMILES string of the molecule is CC(=O)O[C@@H]1CC(C)(C)[C@@H]2C(=O)C=C(C)[C@H](CC[C@H](C)CC(=O)O)[C@@]2(C)C1. The fourth-order valence-electron chi connectivity index (χ4n) is 5.99. The van der Waals surface area contributed by atoms with Crippen LogP contribution in [0.5, 0.6) is 0 Å². The van der Waals surface area contributed by atoms with Gasteiger partial charge in [0.05, 0.1) is 0 Å². The van der Waals surface area contributed by atoms with Crippen LogP contribution in [-0.4, -0.2) is 28.9 Å². The summed E-state index contributed by atoms with van der Waals surface area (Å²) in [6.07, 6.45) is 4.79. The smallest absolute Gasteiger partial charge is 0.303 e. The molecular weight excluding hydrogens is 344 g/mol. The Morgan fingerprint density at radius 2 is 1.93 bits per heavy atom. The van der Waals surface area contributed by atoms with Crippen molar-refractivity contribution in [3.63, 3.8) is 0 Å². The second kappa shape index (κ2) is 7.76. The van der Waals surface area contributed by atoms with Gasteiger partial charge in [-0.15, -0.1) is 0 Å². The molecule has 2 aliphatic rings. The number of hydrogen-bond acceptors (Lipinski definition) is 4. The normalized spacial score (nSPS) is 33.6. The van der Waals surface area contributed by atoms with Gasteiger partial charge in [0.1, 0.15) is 6.10 Å². The molecule has 0 saturated heterocycles. The van der Waals surface area contributed by atoms with E-state index in [4.69, 9.17) is 9.84 Å². The van der Waals surface area contributed by atoms with E-state index in [1.54, 1.807) is 6.08 Å². The summed E-state index contributed by atoms with van der Waals surface area (Å²) >= 11 is 0. The Morgan fingerprint density at radius 3 is 2.48 bits per heavy atom. The van der Waals surface area contributed by atoms with Crippen molar-refractivity contribution >= 4 is 17.7 Å². The number of rotatable bonds is 6. The first-order valence-corrected chi connectivity index (χ1v) is 9.98. The zero-order valence-electron chi connectivity index (χ0n) is 17.5. The number of carbonyl (C=O) groups is 3. The van der Waals surface area contributed by atoms with Crippen LogP contribution in [0.1, 0.15) is 73.6 Å². The maximum Gasteiger partial charge on any atom is 0.303 e. The van der Waals surface area contributed by atoms with E-state index < -0.39 is 5.97 Å². The van der Waals surface area contributed by atoms with Crippen LogP contribution >= 0.6 is 0 Å². The van der Waals surface area contributed by atoms with Crippen molar-refractivity contribution in [3.05, 3.63) is 11.6 Å². The summed E-state index contributed by atoms with van der Waals surface area (Å²) in [5, 5.41) is 9.03. The molecule has 1 saturated carbocycles. The topological polar surface area (TPSA) is 80.7 Å². The van der Waals surface area contributed by atoms with E-state index in [2.05, 4.69) is 20.8 Å². The van der Waals surface area contributed by atoms with Crippen molar-refractivity contribution in [1.82, 2.24) is 0 Å². The van der Waals surface area contributed by atoms with Crippen LogP contribution in [0.2, 0.25) is 0 Å². The average molecular weight is 379 g/mol. The van der Waals surface area contributed by atoms with E-state index in [-0.39, 0.29) is 52.9 Å². The third-order valence-corrected chi connectivity index (χ3v) is 6.67. The summed E-state index contributed by atoms with van der Waals surface area (Å²) in [6.45, 7) is 11.8. The van der Waals surface area contributed by atoms with Crippen LogP contribution in [0.4, 0.5) is 0 Å².